The lowest BCUT2D eigenvalue weighted by atomic mass is 10.0. The Kier molecular flexibility index (Phi) is 9.57. The lowest BCUT2D eigenvalue weighted by Crippen LogP contribution is -2.53. The summed E-state index contributed by atoms with van der Waals surface area (Å²) in [5, 5.41) is 2.69. The van der Waals surface area contributed by atoms with Crippen molar-refractivity contribution < 1.29 is 18.0 Å². The van der Waals surface area contributed by atoms with Crippen LogP contribution in [0.2, 0.25) is 0 Å². The first-order chi connectivity index (χ1) is 19.7. The first kappa shape index (κ1) is 29.6. The van der Waals surface area contributed by atoms with Gasteiger partial charge in [0.2, 0.25) is 11.8 Å². The number of anilines is 1. The Labute approximate surface area is 242 Å². The lowest BCUT2D eigenvalue weighted by Gasteiger charge is -2.33. The number of hydrogen-bond acceptors (Lipinski definition) is 4. The number of nitrogens with zero attached hydrogens (tertiary/aromatic N) is 2. The van der Waals surface area contributed by atoms with Crippen LogP contribution in [0.3, 0.4) is 0 Å². The van der Waals surface area contributed by atoms with Crippen LogP contribution >= 0.6 is 0 Å². The fraction of sp³-hybridized carbons (Fsp3) is 0.212. The third-order valence-electron chi connectivity index (χ3n) is 6.92. The van der Waals surface area contributed by atoms with Gasteiger partial charge in [0.1, 0.15) is 12.6 Å². The first-order valence-corrected chi connectivity index (χ1v) is 14.9. The summed E-state index contributed by atoms with van der Waals surface area (Å²) < 4.78 is 29.1. The van der Waals surface area contributed by atoms with Crippen LogP contribution in [-0.4, -0.2) is 44.8 Å². The molecular formula is C33H35N3O4S. The number of likely N-dealkylation sites (N-methyl/N-ethyl adjacent to an activating group) is 1. The number of amides is 2. The zero-order chi connectivity index (χ0) is 29.4. The molecule has 0 heterocycles. The summed E-state index contributed by atoms with van der Waals surface area (Å²) in [6, 6.07) is 31.5. The van der Waals surface area contributed by atoms with Gasteiger partial charge in [0.05, 0.1) is 10.6 Å². The quantitative estimate of drug-likeness (QED) is 0.279. The van der Waals surface area contributed by atoms with E-state index in [1.807, 2.05) is 86.6 Å². The summed E-state index contributed by atoms with van der Waals surface area (Å²) >= 11 is 0. The van der Waals surface area contributed by atoms with Gasteiger partial charge >= 0.3 is 0 Å². The number of benzene rings is 4. The summed E-state index contributed by atoms with van der Waals surface area (Å²) in [6.45, 7) is 3.45. The molecule has 0 aliphatic rings. The lowest BCUT2D eigenvalue weighted by molar-refractivity contribution is -0.139. The second kappa shape index (κ2) is 13.3. The zero-order valence-corrected chi connectivity index (χ0v) is 24.3. The number of carbonyl (C=O) groups is 2. The third kappa shape index (κ3) is 7.41. The van der Waals surface area contributed by atoms with E-state index in [1.54, 1.807) is 36.4 Å². The van der Waals surface area contributed by atoms with Crippen LogP contribution in [0.15, 0.2) is 114 Å². The SMILES string of the molecule is CNC(=O)C(Cc1ccccc1)N(Cc1ccccc1)C(=O)CN(c1ccc(C)cc1)S(=O)(=O)c1ccc(C)cc1. The average molecular weight is 570 g/mol. The first-order valence-electron chi connectivity index (χ1n) is 13.4. The second-order valence-corrected chi connectivity index (χ2v) is 11.8. The Morgan fingerprint density at radius 2 is 1.24 bits per heavy atom. The van der Waals surface area contributed by atoms with Crippen molar-refractivity contribution in [2.24, 2.45) is 0 Å². The van der Waals surface area contributed by atoms with Gasteiger partial charge in [0, 0.05) is 20.0 Å². The molecule has 212 valence electrons. The molecule has 0 spiro atoms. The number of hydrogen-bond donors (Lipinski definition) is 1. The van der Waals surface area contributed by atoms with Crippen molar-refractivity contribution in [3.8, 4) is 0 Å². The van der Waals surface area contributed by atoms with Crippen molar-refractivity contribution in [1.82, 2.24) is 10.2 Å². The number of nitrogens with one attached hydrogen (secondary N) is 1. The van der Waals surface area contributed by atoms with E-state index in [0.29, 0.717) is 5.69 Å². The van der Waals surface area contributed by atoms with E-state index in [9.17, 15) is 18.0 Å². The van der Waals surface area contributed by atoms with Crippen LogP contribution in [0.1, 0.15) is 22.3 Å². The van der Waals surface area contributed by atoms with Gasteiger partial charge < -0.3 is 10.2 Å². The average Bonchev–Trinajstić information content (AvgIpc) is 2.99. The minimum atomic E-state index is -4.11. The van der Waals surface area contributed by atoms with Gasteiger partial charge in [-0.15, -0.1) is 0 Å². The maximum absolute atomic E-state index is 14.2. The second-order valence-electron chi connectivity index (χ2n) is 9.99. The van der Waals surface area contributed by atoms with Crippen LogP contribution in [0.4, 0.5) is 5.69 Å². The molecule has 1 unspecified atom stereocenters. The van der Waals surface area contributed by atoms with E-state index in [4.69, 9.17) is 0 Å². The van der Waals surface area contributed by atoms with Crippen LogP contribution in [0.25, 0.3) is 0 Å². The van der Waals surface area contributed by atoms with Crippen molar-refractivity contribution in [2.75, 3.05) is 17.9 Å². The molecule has 8 heteroatoms. The summed E-state index contributed by atoms with van der Waals surface area (Å²) in [6.07, 6.45) is 0.272. The standard InChI is InChI=1S/C33H35N3O4S/c1-25-14-18-29(19-15-25)36(41(39,40)30-20-16-26(2)17-21-30)24-32(37)35(23-28-12-8-5-9-13-28)31(33(38)34-3)22-27-10-6-4-7-11-27/h4-21,31H,22-24H2,1-3H3,(H,34,38). The molecule has 0 fully saturated rings. The Morgan fingerprint density at radius 1 is 0.732 bits per heavy atom. The molecule has 0 saturated heterocycles. The van der Waals surface area contributed by atoms with Crippen molar-refractivity contribution in [1.29, 1.82) is 0 Å². The normalized spacial score (nSPS) is 11.9. The predicted molar refractivity (Wildman–Crippen MR) is 162 cm³/mol. The van der Waals surface area contributed by atoms with Crippen molar-refractivity contribution >= 4 is 27.5 Å². The minimum Gasteiger partial charge on any atom is -0.357 e. The Bertz CT molecular complexity index is 1560. The van der Waals surface area contributed by atoms with E-state index in [1.165, 1.54) is 11.9 Å². The highest BCUT2D eigenvalue weighted by Crippen LogP contribution is 2.25. The number of sulfonamides is 1. The highest BCUT2D eigenvalue weighted by Gasteiger charge is 2.34. The maximum Gasteiger partial charge on any atom is 0.264 e. The minimum absolute atomic E-state index is 0.0817. The monoisotopic (exact) mass is 569 g/mol. The largest absolute Gasteiger partial charge is 0.357 e. The molecule has 4 aromatic rings. The van der Waals surface area contributed by atoms with Crippen molar-refractivity contribution in [3.05, 3.63) is 131 Å². The maximum atomic E-state index is 14.2. The Hall–Kier alpha value is -4.43. The molecule has 4 aromatic carbocycles. The predicted octanol–water partition coefficient (Wildman–Crippen LogP) is 4.88. The zero-order valence-electron chi connectivity index (χ0n) is 23.5. The van der Waals surface area contributed by atoms with E-state index in [-0.39, 0.29) is 23.8 Å². The van der Waals surface area contributed by atoms with E-state index in [0.717, 1.165) is 26.6 Å². The van der Waals surface area contributed by atoms with Gasteiger partial charge in [-0.05, 0) is 49.2 Å². The highest BCUT2D eigenvalue weighted by atomic mass is 32.2. The summed E-state index contributed by atoms with van der Waals surface area (Å²) in [5.41, 5.74) is 3.95. The fourth-order valence-electron chi connectivity index (χ4n) is 4.58. The number of aryl methyl sites for hydroxylation is 2. The van der Waals surface area contributed by atoms with Crippen LogP contribution in [0, 0.1) is 13.8 Å². The summed E-state index contributed by atoms with van der Waals surface area (Å²) in [5.74, 6) is -0.823. The van der Waals surface area contributed by atoms with Crippen LogP contribution in [0.5, 0.6) is 0 Å². The molecule has 0 aliphatic heterocycles. The molecule has 4 rings (SSSR count). The molecule has 1 N–H and O–H groups in total. The molecule has 0 radical (unpaired) electrons. The molecule has 0 saturated carbocycles. The molecule has 1 atom stereocenters. The Morgan fingerprint density at radius 3 is 1.78 bits per heavy atom. The van der Waals surface area contributed by atoms with Gasteiger partial charge in [-0.25, -0.2) is 8.42 Å². The van der Waals surface area contributed by atoms with Crippen molar-refractivity contribution in [3.63, 3.8) is 0 Å². The van der Waals surface area contributed by atoms with Gasteiger partial charge in [-0.2, -0.15) is 0 Å². The van der Waals surface area contributed by atoms with Gasteiger partial charge in [0.15, 0.2) is 0 Å². The molecule has 41 heavy (non-hydrogen) atoms. The molecule has 0 aliphatic carbocycles. The van der Waals surface area contributed by atoms with Gasteiger partial charge in [0.25, 0.3) is 10.0 Å². The fourth-order valence-corrected chi connectivity index (χ4v) is 5.99. The van der Waals surface area contributed by atoms with Crippen molar-refractivity contribution in [2.45, 2.75) is 37.8 Å². The molecular weight excluding hydrogens is 534 g/mol. The highest BCUT2D eigenvalue weighted by molar-refractivity contribution is 7.92. The van der Waals surface area contributed by atoms with E-state index in [2.05, 4.69) is 5.32 Å². The molecule has 2 amide bonds. The third-order valence-corrected chi connectivity index (χ3v) is 8.71. The molecule has 7 nitrogen and oxygen atoms in total. The van der Waals surface area contributed by atoms with Gasteiger partial charge in [-0.1, -0.05) is 96.1 Å². The van der Waals surface area contributed by atoms with Crippen LogP contribution in [-0.2, 0) is 32.6 Å². The topological polar surface area (TPSA) is 86.8 Å². The van der Waals surface area contributed by atoms with Gasteiger partial charge in [-0.3, -0.25) is 13.9 Å². The number of rotatable bonds is 11. The smallest absolute Gasteiger partial charge is 0.264 e. The van der Waals surface area contributed by atoms with E-state index < -0.39 is 28.5 Å². The Balaban J connectivity index is 1.77. The van der Waals surface area contributed by atoms with E-state index >= 15 is 0 Å². The van der Waals surface area contributed by atoms with Crippen LogP contribution < -0.4 is 9.62 Å². The molecule has 0 aromatic heterocycles. The summed E-state index contributed by atoms with van der Waals surface area (Å²) in [4.78, 5) is 29.0. The molecule has 0 bridgehead atoms. The summed E-state index contributed by atoms with van der Waals surface area (Å²) in [7, 11) is -2.58. The number of carbonyl (C=O) groups excluding carboxylic acids is 2.